The van der Waals surface area contributed by atoms with E-state index in [2.05, 4.69) is 30.4 Å². The smallest absolute Gasteiger partial charge is 0.134 e. The molecule has 0 saturated carbocycles. The van der Waals surface area contributed by atoms with Gasteiger partial charge in [-0.2, -0.15) is 0 Å². The number of fused-ring (bicyclic) bond motifs is 1. The lowest BCUT2D eigenvalue weighted by Gasteiger charge is -2.13. The minimum Gasteiger partial charge on any atom is -0.464 e. The third kappa shape index (κ3) is 2.21. The fraction of sp³-hybridized carbons (Fsp3) is 0.385. The lowest BCUT2D eigenvalue weighted by Crippen LogP contribution is -2.26. The van der Waals surface area contributed by atoms with Gasteiger partial charge in [-0.15, -0.1) is 0 Å². The summed E-state index contributed by atoms with van der Waals surface area (Å²) in [6, 6.07) is 8.98. The number of hydrogen-bond acceptors (Lipinski definition) is 2. The summed E-state index contributed by atoms with van der Waals surface area (Å²) in [6.45, 7) is 2.20. The second-order valence-electron chi connectivity index (χ2n) is 3.89. The van der Waals surface area contributed by atoms with Crippen LogP contribution >= 0.6 is 0 Å². The van der Waals surface area contributed by atoms with E-state index in [1.807, 2.05) is 13.1 Å². The lowest BCUT2D eigenvalue weighted by atomic mass is 10.0. The van der Waals surface area contributed by atoms with Gasteiger partial charge in [-0.1, -0.05) is 19.1 Å². The van der Waals surface area contributed by atoms with Gasteiger partial charge in [-0.3, -0.25) is 0 Å². The van der Waals surface area contributed by atoms with Crippen molar-refractivity contribution in [1.29, 1.82) is 0 Å². The molecule has 1 atom stereocenters. The zero-order valence-electron chi connectivity index (χ0n) is 9.29. The normalized spacial score (nSPS) is 13.2. The maximum Gasteiger partial charge on any atom is 0.134 e. The maximum absolute atomic E-state index is 5.39. The van der Waals surface area contributed by atoms with Gasteiger partial charge in [0.2, 0.25) is 0 Å². The Balaban J connectivity index is 2.20. The number of likely N-dealkylation sites (N-methyl/N-ethyl adjacent to an activating group) is 1. The first-order valence-corrected chi connectivity index (χ1v) is 5.47. The van der Waals surface area contributed by atoms with Gasteiger partial charge in [0, 0.05) is 11.4 Å². The highest BCUT2D eigenvalue weighted by atomic mass is 16.3. The van der Waals surface area contributed by atoms with Crippen LogP contribution in [-0.2, 0) is 6.42 Å². The van der Waals surface area contributed by atoms with Crippen LogP contribution in [0, 0.1) is 0 Å². The number of furan rings is 1. The molecule has 15 heavy (non-hydrogen) atoms. The van der Waals surface area contributed by atoms with Crippen molar-refractivity contribution in [3.8, 4) is 0 Å². The molecule has 2 aromatic rings. The van der Waals surface area contributed by atoms with Gasteiger partial charge in [0.15, 0.2) is 0 Å². The summed E-state index contributed by atoms with van der Waals surface area (Å²) < 4.78 is 5.39. The van der Waals surface area contributed by atoms with Crippen molar-refractivity contribution in [2.45, 2.75) is 25.8 Å². The summed E-state index contributed by atoms with van der Waals surface area (Å²) in [5.41, 5.74) is 2.32. The van der Waals surface area contributed by atoms with Crippen LogP contribution in [-0.4, -0.2) is 13.1 Å². The maximum atomic E-state index is 5.39. The van der Waals surface area contributed by atoms with E-state index in [0.717, 1.165) is 18.4 Å². The molecule has 1 N–H and O–H groups in total. The van der Waals surface area contributed by atoms with E-state index in [-0.39, 0.29) is 0 Å². The average molecular weight is 203 g/mol. The van der Waals surface area contributed by atoms with E-state index in [0.29, 0.717) is 6.04 Å². The Labute approximate surface area is 90.3 Å². The average Bonchev–Trinajstić information content (AvgIpc) is 2.73. The van der Waals surface area contributed by atoms with Crippen LogP contribution < -0.4 is 5.32 Å². The second-order valence-corrected chi connectivity index (χ2v) is 3.89. The fourth-order valence-electron chi connectivity index (χ4n) is 1.86. The van der Waals surface area contributed by atoms with Crippen LogP contribution in [0.4, 0.5) is 0 Å². The molecule has 0 aliphatic heterocycles. The summed E-state index contributed by atoms with van der Waals surface area (Å²) in [7, 11) is 2.01. The molecule has 0 fully saturated rings. The van der Waals surface area contributed by atoms with Crippen molar-refractivity contribution in [3.05, 3.63) is 36.1 Å². The Morgan fingerprint density at radius 3 is 2.93 bits per heavy atom. The molecule has 2 heteroatoms. The molecule has 1 heterocycles. The van der Waals surface area contributed by atoms with Crippen LogP contribution in [0.25, 0.3) is 11.0 Å². The minimum absolute atomic E-state index is 0.553. The van der Waals surface area contributed by atoms with Gasteiger partial charge in [0.05, 0.1) is 6.26 Å². The van der Waals surface area contributed by atoms with Crippen LogP contribution in [0.5, 0.6) is 0 Å². The molecule has 0 aliphatic carbocycles. The predicted molar refractivity (Wildman–Crippen MR) is 63.1 cm³/mol. The van der Waals surface area contributed by atoms with E-state index in [9.17, 15) is 0 Å². The Morgan fingerprint density at radius 2 is 2.20 bits per heavy atom. The molecule has 1 aromatic carbocycles. The quantitative estimate of drug-likeness (QED) is 0.826. The monoisotopic (exact) mass is 203 g/mol. The fourth-order valence-corrected chi connectivity index (χ4v) is 1.86. The summed E-state index contributed by atoms with van der Waals surface area (Å²) in [5, 5.41) is 4.49. The molecular weight excluding hydrogens is 186 g/mol. The zero-order chi connectivity index (χ0) is 10.7. The molecule has 2 nitrogen and oxygen atoms in total. The van der Waals surface area contributed by atoms with Crippen molar-refractivity contribution in [2.75, 3.05) is 7.05 Å². The van der Waals surface area contributed by atoms with Crippen molar-refractivity contribution in [2.24, 2.45) is 0 Å². The Kier molecular flexibility index (Phi) is 3.07. The van der Waals surface area contributed by atoms with Gasteiger partial charge >= 0.3 is 0 Å². The van der Waals surface area contributed by atoms with Gasteiger partial charge in [0.25, 0.3) is 0 Å². The van der Waals surface area contributed by atoms with E-state index in [1.165, 1.54) is 10.9 Å². The van der Waals surface area contributed by atoms with Gasteiger partial charge in [0.1, 0.15) is 5.58 Å². The second kappa shape index (κ2) is 4.49. The Hall–Kier alpha value is -1.28. The first kappa shape index (κ1) is 10.2. The largest absolute Gasteiger partial charge is 0.464 e. The molecule has 1 unspecified atom stereocenters. The first-order valence-electron chi connectivity index (χ1n) is 5.47. The van der Waals surface area contributed by atoms with E-state index in [4.69, 9.17) is 4.42 Å². The van der Waals surface area contributed by atoms with Crippen molar-refractivity contribution < 1.29 is 4.42 Å². The highest BCUT2D eigenvalue weighted by molar-refractivity contribution is 5.77. The number of nitrogens with one attached hydrogen (secondary N) is 1. The molecule has 2 rings (SSSR count). The molecule has 0 amide bonds. The van der Waals surface area contributed by atoms with Crippen LogP contribution in [0.1, 0.15) is 18.9 Å². The van der Waals surface area contributed by atoms with Crippen LogP contribution in [0.2, 0.25) is 0 Å². The number of benzene rings is 1. The van der Waals surface area contributed by atoms with Crippen LogP contribution in [0.3, 0.4) is 0 Å². The van der Waals surface area contributed by atoms with Crippen molar-refractivity contribution in [3.63, 3.8) is 0 Å². The van der Waals surface area contributed by atoms with Crippen molar-refractivity contribution in [1.82, 2.24) is 5.32 Å². The third-order valence-electron chi connectivity index (χ3n) is 2.90. The molecule has 0 radical (unpaired) electrons. The molecule has 0 aliphatic rings. The molecule has 0 spiro atoms. The highest BCUT2D eigenvalue weighted by Crippen LogP contribution is 2.18. The topological polar surface area (TPSA) is 25.2 Å². The Bertz CT molecular complexity index is 429. The van der Waals surface area contributed by atoms with Crippen molar-refractivity contribution >= 4 is 11.0 Å². The lowest BCUT2D eigenvalue weighted by molar-refractivity contribution is 0.542. The summed E-state index contributed by atoms with van der Waals surface area (Å²) >= 11 is 0. The van der Waals surface area contributed by atoms with E-state index >= 15 is 0 Å². The van der Waals surface area contributed by atoms with Gasteiger partial charge in [-0.05, 0) is 37.6 Å². The Morgan fingerprint density at radius 1 is 1.33 bits per heavy atom. The van der Waals surface area contributed by atoms with Crippen LogP contribution in [0.15, 0.2) is 34.9 Å². The third-order valence-corrected chi connectivity index (χ3v) is 2.90. The number of hydrogen-bond donors (Lipinski definition) is 1. The standard InChI is InChI=1S/C13H17NO/c1-3-12(14-2)8-10-4-5-11-6-7-15-13(11)9-10/h4-7,9,12,14H,3,8H2,1-2H3. The first-order chi connectivity index (χ1) is 7.33. The molecule has 80 valence electrons. The molecular formula is C13H17NO. The molecule has 0 bridgehead atoms. The van der Waals surface area contributed by atoms with E-state index in [1.54, 1.807) is 6.26 Å². The predicted octanol–water partition coefficient (Wildman–Crippen LogP) is 2.97. The number of rotatable bonds is 4. The highest BCUT2D eigenvalue weighted by Gasteiger charge is 2.05. The SMILES string of the molecule is CCC(Cc1ccc2ccoc2c1)NC. The van der Waals surface area contributed by atoms with E-state index < -0.39 is 0 Å². The summed E-state index contributed by atoms with van der Waals surface area (Å²) in [5.74, 6) is 0. The summed E-state index contributed by atoms with van der Waals surface area (Å²) in [6.07, 6.45) is 3.94. The zero-order valence-corrected chi connectivity index (χ0v) is 9.29. The summed E-state index contributed by atoms with van der Waals surface area (Å²) in [4.78, 5) is 0. The van der Waals surface area contributed by atoms with Gasteiger partial charge in [-0.25, -0.2) is 0 Å². The molecule has 0 saturated heterocycles. The van der Waals surface area contributed by atoms with Gasteiger partial charge < -0.3 is 9.73 Å². The molecule has 1 aromatic heterocycles. The minimum atomic E-state index is 0.553.